The Morgan fingerprint density at radius 3 is 2.35 bits per heavy atom. The summed E-state index contributed by atoms with van der Waals surface area (Å²) >= 11 is 0. The maximum absolute atomic E-state index is 12.6. The van der Waals surface area contributed by atoms with E-state index in [9.17, 15) is 4.79 Å². The average molecular weight is 274 g/mol. The van der Waals surface area contributed by atoms with E-state index in [1.54, 1.807) is 0 Å². The van der Waals surface area contributed by atoms with Crippen LogP contribution in [-0.2, 0) is 4.79 Å². The summed E-state index contributed by atoms with van der Waals surface area (Å²) in [5, 5.41) is 6.94. The van der Waals surface area contributed by atoms with Crippen molar-refractivity contribution in [2.75, 3.05) is 13.1 Å². The van der Waals surface area contributed by atoms with Crippen LogP contribution in [0.3, 0.4) is 0 Å². The van der Waals surface area contributed by atoms with E-state index in [1.165, 1.54) is 51.6 Å². The van der Waals surface area contributed by atoms with Gasteiger partial charge in [0.05, 0.1) is 0 Å². The molecule has 20 heavy (non-hydrogen) atoms. The van der Waals surface area contributed by atoms with Crippen molar-refractivity contribution in [3.8, 4) is 0 Å². The van der Waals surface area contributed by atoms with Crippen molar-refractivity contribution in [1.82, 2.24) is 10.6 Å². The minimum atomic E-state index is 0.417. The Bertz CT molecular complexity index is 421. The topological polar surface area (TPSA) is 41.1 Å². The molecular weight excluding hydrogens is 248 g/mol. The molecule has 2 N–H and O–H groups in total. The molecule has 2 bridgehead atoms. The summed E-state index contributed by atoms with van der Waals surface area (Å²) in [4.78, 5) is 12.6. The number of amides is 1. The molecule has 0 aromatic rings. The molecule has 1 amide bonds. The van der Waals surface area contributed by atoms with Crippen molar-refractivity contribution in [3.05, 3.63) is 0 Å². The predicted molar refractivity (Wildman–Crippen MR) is 76.9 cm³/mol. The van der Waals surface area contributed by atoms with Gasteiger partial charge in [-0.1, -0.05) is 0 Å². The van der Waals surface area contributed by atoms with E-state index in [0.717, 1.165) is 35.5 Å². The minimum absolute atomic E-state index is 0.417. The van der Waals surface area contributed by atoms with E-state index < -0.39 is 0 Å². The lowest BCUT2D eigenvalue weighted by Gasteiger charge is -2.31. The van der Waals surface area contributed by atoms with Gasteiger partial charge in [-0.3, -0.25) is 4.79 Å². The van der Waals surface area contributed by atoms with Crippen LogP contribution in [0.2, 0.25) is 0 Å². The van der Waals surface area contributed by atoms with Crippen LogP contribution in [0.15, 0.2) is 0 Å². The standard InChI is InChI=1S/C17H26N2O/c20-17(16-14-9-1-2-10(5-9)15(14)16)19-13-4-3-11-7-18-8-12(11)6-13/h9-16,18H,1-8H2,(H,19,20)/t9?,10?,11-,12+,13?,14?,15?,16?/m0/s1. The van der Waals surface area contributed by atoms with Crippen molar-refractivity contribution in [1.29, 1.82) is 0 Å². The van der Waals surface area contributed by atoms with Gasteiger partial charge in [-0.2, -0.15) is 0 Å². The molecule has 5 fully saturated rings. The molecule has 5 unspecified atom stereocenters. The summed E-state index contributed by atoms with van der Waals surface area (Å²) in [6, 6.07) is 0.475. The third kappa shape index (κ3) is 1.65. The summed E-state index contributed by atoms with van der Waals surface area (Å²) in [5.41, 5.74) is 0. The Morgan fingerprint density at radius 1 is 0.850 bits per heavy atom. The molecule has 0 spiro atoms. The SMILES string of the molecule is O=C(NC1CC[C@H]2CNC[C@H]2C1)C1C2C3CCC(C3)C12. The molecule has 0 aromatic heterocycles. The zero-order chi connectivity index (χ0) is 13.3. The fourth-order valence-corrected chi connectivity index (χ4v) is 6.40. The van der Waals surface area contributed by atoms with Crippen LogP contribution in [0, 0.1) is 41.4 Å². The van der Waals surface area contributed by atoms with Crippen LogP contribution in [0.25, 0.3) is 0 Å². The van der Waals surface area contributed by atoms with Crippen LogP contribution in [0.1, 0.15) is 38.5 Å². The summed E-state index contributed by atoms with van der Waals surface area (Å²) in [5.74, 6) is 5.96. The summed E-state index contributed by atoms with van der Waals surface area (Å²) in [6.07, 6.45) is 8.01. The summed E-state index contributed by atoms with van der Waals surface area (Å²) in [6.45, 7) is 2.39. The van der Waals surface area contributed by atoms with Gasteiger partial charge in [0.2, 0.25) is 5.91 Å². The summed E-state index contributed by atoms with van der Waals surface area (Å²) in [7, 11) is 0. The second kappa shape index (κ2) is 4.22. The highest BCUT2D eigenvalue weighted by Gasteiger charge is 2.67. The normalized spacial score (nSPS) is 55.4. The van der Waals surface area contributed by atoms with Crippen molar-refractivity contribution in [2.45, 2.75) is 44.6 Å². The monoisotopic (exact) mass is 274 g/mol. The highest BCUT2D eigenvalue weighted by molar-refractivity contribution is 5.83. The first-order chi connectivity index (χ1) is 9.81. The Hall–Kier alpha value is -0.570. The van der Waals surface area contributed by atoms with E-state index in [4.69, 9.17) is 0 Å². The molecule has 4 aliphatic carbocycles. The van der Waals surface area contributed by atoms with Gasteiger partial charge < -0.3 is 10.6 Å². The van der Waals surface area contributed by atoms with Gasteiger partial charge in [0.25, 0.3) is 0 Å². The molecule has 5 rings (SSSR count). The van der Waals surface area contributed by atoms with Crippen LogP contribution < -0.4 is 10.6 Å². The van der Waals surface area contributed by atoms with Crippen molar-refractivity contribution in [3.63, 3.8) is 0 Å². The lowest BCUT2D eigenvalue weighted by Crippen LogP contribution is -2.42. The number of rotatable bonds is 2. The molecule has 7 atom stereocenters. The first kappa shape index (κ1) is 12.0. The van der Waals surface area contributed by atoms with Gasteiger partial charge in [0.15, 0.2) is 0 Å². The Balaban J connectivity index is 1.20. The van der Waals surface area contributed by atoms with E-state index in [-0.39, 0.29) is 0 Å². The average Bonchev–Trinajstić information content (AvgIpc) is 2.83. The first-order valence-corrected chi connectivity index (χ1v) is 8.82. The predicted octanol–water partition coefficient (Wildman–Crippen LogP) is 1.78. The molecule has 1 aliphatic heterocycles. The van der Waals surface area contributed by atoms with Crippen LogP contribution >= 0.6 is 0 Å². The zero-order valence-electron chi connectivity index (χ0n) is 12.2. The van der Waals surface area contributed by atoms with Gasteiger partial charge >= 0.3 is 0 Å². The second-order valence-electron chi connectivity index (χ2n) is 8.21. The van der Waals surface area contributed by atoms with Crippen LogP contribution in [0.4, 0.5) is 0 Å². The van der Waals surface area contributed by atoms with Crippen LogP contribution in [0.5, 0.6) is 0 Å². The molecule has 0 radical (unpaired) electrons. The molecule has 3 heteroatoms. The van der Waals surface area contributed by atoms with E-state index >= 15 is 0 Å². The number of carbonyl (C=O) groups excluding carboxylic acids is 1. The second-order valence-corrected chi connectivity index (χ2v) is 8.21. The third-order valence-electron chi connectivity index (χ3n) is 7.34. The number of fused-ring (bicyclic) bond motifs is 6. The molecule has 0 aromatic carbocycles. The van der Waals surface area contributed by atoms with Gasteiger partial charge in [-0.25, -0.2) is 0 Å². The van der Waals surface area contributed by atoms with Gasteiger partial charge in [-0.05, 0) is 87.1 Å². The van der Waals surface area contributed by atoms with E-state index in [1.807, 2.05) is 0 Å². The van der Waals surface area contributed by atoms with Gasteiger partial charge in [-0.15, -0.1) is 0 Å². The van der Waals surface area contributed by atoms with E-state index in [2.05, 4.69) is 10.6 Å². The molecule has 3 nitrogen and oxygen atoms in total. The minimum Gasteiger partial charge on any atom is -0.353 e. The van der Waals surface area contributed by atoms with Gasteiger partial charge in [0, 0.05) is 12.0 Å². The smallest absolute Gasteiger partial charge is 0.223 e. The Morgan fingerprint density at radius 2 is 1.55 bits per heavy atom. The summed E-state index contributed by atoms with van der Waals surface area (Å²) < 4.78 is 0. The maximum Gasteiger partial charge on any atom is 0.223 e. The van der Waals surface area contributed by atoms with Crippen molar-refractivity contribution >= 4 is 5.91 Å². The Kier molecular flexibility index (Phi) is 2.54. The highest BCUT2D eigenvalue weighted by Crippen LogP contribution is 2.69. The molecular formula is C17H26N2O. The molecule has 5 aliphatic rings. The molecule has 1 heterocycles. The largest absolute Gasteiger partial charge is 0.353 e. The first-order valence-electron chi connectivity index (χ1n) is 8.82. The fourth-order valence-electron chi connectivity index (χ4n) is 6.40. The van der Waals surface area contributed by atoms with Crippen LogP contribution in [-0.4, -0.2) is 25.0 Å². The lowest BCUT2D eigenvalue weighted by atomic mass is 9.79. The molecule has 1 saturated heterocycles. The van der Waals surface area contributed by atoms with Crippen molar-refractivity contribution < 1.29 is 4.79 Å². The number of carbonyl (C=O) groups is 1. The molecule has 110 valence electrons. The van der Waals surface area contributed by atoms with Crippen molar-refractivity contribution in [2.24, 2.45) is 41.4 Å². The zero-order valence-corrected chi connectivity index (χ0v) is 12.2. The Labute approximate surface area is 121 Å². The lowest BCUT2D eigenvalue weighted by molar-refractivity contribution is -0.124. The van der Waals surface area contributed by atoms with E-state index in [0.29, 0.717) is 17.9 Å². The number of hydrogen-bond acceptors (Lipinski definition) is 2. The number of hydrogen-bond donors (Lipinski definition) is 2. The quantitative estimate of drug-likeness (QED) is 0.806. The maximum atomic E-state index is 12.6. The highest BCUT2D eigenvalue weighted by atomic mass is 16.2. The number of nitrogens with one attached hydrogen (secondary N) is 2. The molecule has 4 saturated carbocycles. The fraction of sp³-hybridized carbons (Fsp3) is 0.941. The third-order valence-corrected chi connectivity index (χ3v) is 7.34. The van der Waals surface area contributed by atoms with Gasteiger partial charge in [0.1, 0.15) is 0 Å².